The number of ketones is 1. The van der Waals surface area contributed by atoms with Crippen molar-refractivity contribution in [3.05, 3.63) is 87.2 Å². The number of anilines is 1. The van der Waals surface area contributed by atoms with Crippen LogP contribution in [0.2, 0.25) is 5.02 Å². The van der Waals surface area contributed by atoms with Gasteiger partial charge in [-0.25, -0.2) is 0 Å². The summed E-state index contributed by atoms with van der Waals surface area (Å²) < 4.78 is 41.4. The summed E-state index contributed by atoms with van der Waals surface area (Å²) >= 11 is 6.09. The van der Waals surface area contributed by atoms with Crippen LogP contribution in [0, 0.1) is 0 Å². The van der Waals surface area contributed by atoms with E-state index >= 15 is 0 Å². The minimum Gasteiger partial charge on any atom is -0.363 e. The van der Waals surface area contributed by atoms with Gasteiger partial charge in [0.25, 0.3) is 5.91 Å². The molecule has 2 aromatic carbocycles. The zero-order valence-corrected chi connectivity index (χ0v) is 23.7. The summed E-state index contributed by atoms with van der Waals surface area (Å²) in [6.45, 7) is 5.22. The summed E-state index contributed by atoms with van der Waals surface area (Å²) in [6, 6.07) is 11.5. The van der Waals surface area contributed by atoms with Crippen LogP contribution < -0.4 is 4.90 Å². The first-order valence-electron chi connectivity index (χ1n) is 13.6. The van der Waals surface area contributed by atoms with E-state index in [-0.39, 0.29) is 34.4 Å². The van der Waals surface area contributed by atoms with Gasteiger partial charge in [0.05, 0.1) is 23.0 Å². The van der Waals surface area contributed by atoms with E-state index in [0.717, 1.165) is 24.7 Å². The molecule has 0 N–H and O–H groups in total. The molecule has 1 fully saturated rings. The molecule has 2 aliphatic heterocycles. The molecular weight excluding hydrogens is 555 g/mol. The summed E-state index contributed by atoms with van der Waals surface area (Å²) in [7, 11) is 2.03. The summed E-state index contributed by atoms with van der Waals surface area (Å²) in [5.41, 5.74) is 2.00. The van der Waals surface area contributed by atoms with Gasteiger partial charge in [-0.1, -0.05) is 23.7 Å². The van der Waals surface area contributed by atoms with Crippen LogP contribution in [0.3, 0.4) is 0 Å². The Balaban J connectivity index is 1.33. The molecule has 216 valence electrons. The molecule has 5 rings (SSSR count). The molecule has 1 saturated heterocycles. The van der Waals surface area contributed by atoms with Crippen molar-refractivity contribution in [2.45, 2.75) is 38.4 Å². The van der Waals surface area contributed by atoms with Crippen LogP contribution in [0.5, 0.6) is 0 Å². The third-order valence-corrected chi connectivity index (χ3v) is 8.08. The van der Waals surface area contributed by atoms with Crippen LogP contribution >= 0.6 is 11.6 Å². The molecule has 1 amide bonds. The van der Waals surface area contributed by atoms with E-state index < -0.39 is 17.8 Å². The molecule has 3 heterocycles. The normalized spacial score (nSPS) is 16.8. The van der Waals surface area contributed by atoms with Crippen molar-refractivity contribution in [3.8, 4) is 0 Å². The number of hydrogen-bond acceptors (Lipinski definition) is 6. The van der Waals surface area contributed by atoms with Gasteiger partial charge in [-0.3, -0.25) is 9.59 Å². The number of rotatable bonds is 6. The Kier molecular flexibility index (Phi) is 8.33. The molecule has 2 aliphatic rings. The molecular formula is C30H31ClF3N5O2. The van der Waals surface area contributed by atoms with Crippen molar-refractivity contribution < 1.29 is 22.8 Å². The van der Waals surface area contributed by atoms with Crippen LogP contribution in [0.15, 0.2) is 48.5 Å². The zero-order chi connectivity index (χ0) is 29.3. The Morgan fingerprint density at radius 3 is 2.37 bits per heavy atom. The van der Waals surface area contributed by atoms with Crippen molar-refractivity contribution in [3.63, 3.8) is 0 Å². The molecule has 0 aliphatic carbocycles. The summed E-state index contributed by atoms with van der Waals surface area (Å²) in [4.78, 5) is 31.9. The van der Waals surface area contributed by atoms with E-state index in [9.17, 15) is 22.8 Å². The molecule has 0 unspecified atom stereocenters. The Morgan fingerprint density at radius 1 is 0.976 bits per heavy atom. The molecule has 7 nitrogen and oxygen atoms in total. The SMILES string of the molecule is C[C@H](c1cc(Cl)ccc1C(F)(F)F)N1CCCc2nnc(C(=O)Cc3ccc(C(=O)N4CCN(C)CC4)cc3)cc21. The van der Waals surface area contributed by atoms with Gasteiger partial charge in [0.15, 0.2) is 5.78 Å². The summed E-state index contributed by atoms with van der Waals surface area (Å²) in [6.07, 6.45) is -3.17. The molecule has 1 atom stereocenters. The van der Waals surface area contributed by atoms with Crippen LogP contribution in [0.25, 0.3) is 0 Å². The number of benzene rings is 2. The van der Waals surface area contributed by atoms with Gasteiger partial charge in [0.2, 0.25) is 0 Å². The lowest BCUT2D eigenvalue weighted by Crippen LogP contribution is -2.47. The predicted molar refractivity (Wildman–Crippen MR) is 150 cm³/mol. The van der Waals surface area contributed by atoms with E-state index in [1.165, 1.54) is 12.1 Å². The van der Waals surface area contributed by atoms with Gasteiger partial charge < -0.3 is 14.7 Å². The number of hydrogen-bond donors (Lipinski definition) is 0. The second-order valence-corrected chi connectivity index (χ2v) is 11.1. The van der Waals surface area contributed by atoms with Crippen LogP contribution in [0.4, 0.5) is 18.9 Å². The number of aromatic nitrogens is 2. The number of halogens is 4. The standard InChI is InChI=1S/C30H31ClF3N5O2/c1-19(23-17-22(31)9-10-24(23)30(32,33)34)39-11-3-4-25-27(39)18-26(36-35-25)28(40)16-20-5-7-21(8-6-20)29(41)38-14-12-37(2)13-15-38/h5-10,17-19H,3-4,11-16H2,1-2H3/t19-/m1/s1. The molecule has 1 aromatic heterocycles. The van der Waals surface area contributed by atoms with Crippen molar-refractivity contribution in [2.75, 3.05) is 44.7 Å². The average molecular weight is 586 g/mol. The number of nitrogens with zero attached hydrogens (tertiary/aromatic N) is 5. The van der Waals surface area contributed by atoms with Crippen molar-refractivity contribution in [1.82, 2.24) is 20.0 Å². The minimum absolute atomic E-state index is 0.0286. The lowest BCUT2D eigenvalue weighted by molar-refractivity contribution is -0.138. The number of likely N-dealkylation sites (N-methyl/N-ethyl adjacent to an activating group) is 1. The van der Waals surface area contributed by atoms with Crippen LogP contribution in [-0.4, -0.2) is 71.5 Å². The summed E-state index contributed by atoms with van der Waals surface area (Å²) in [5, 5.41) is 8.64. The third-order valence-electron chi connectivity index (χ3n) is 7.85. The number of Topliss-reactive ketones (excluding diaryl/α,β-unsaturated/α-hetero) is 1. The van der Waals surface area contributed by atoms with Gasteiger partial charge in [0.1, 0.15) is 5.69 Å². The highest BCUT2D eigenvalue weighted by Crippen LogP contribution is 2.40. The topological polar surface area (TPSA) is 69.6 Å². The largest absolute Gasteiger partial charge is 0.416 e. The maximum Gasteiger partial charge on any atom is 0.416 e. The number of alkyl halides is 3. The third kappa shape index (κ3) is 6.38. The van der Waals surface area contributed by atoms with Gasteiger partial charge in [-0.2, -0.15) is 18.3 Å². The molecule has 3 aromatic rings. The number of aryl methyl sites for hydroxylation is 1. The molecule has 0 radical (unpaired) electrons. The Hall–Kier alpha value is -3.50. The maximum atomic E-state index is 13.8. The van der Waals surface area contributed by atoms with Crippen LogP contribution in [0.1, 0.15) is 62.6 Å². The van der Waals surface area contributed by atoms with E-state index in [4.69, 9.17) is 11.6 Å². The fourth-order valence-electron chi connectivity index (χ4n) is 5.45. The lowest BCUT2D eigenvalue weighted by Gasteiger charge is -2.36. The van der Waals surface area contributed by atoms with Crippen LogP contribution in [-0.2, 0) is 19.0 Å². The smallest absolute Gasteiger partial charge is 0.363 e. The first kappa shape index (κ1) is 29.0. The predicted octanol–water partition coefficient (Wildman–Crippen LogP) is 5.48. The fraction of sp³-hybridized carbons (Fsp3) is 0.400. The summed E-state index contributed by atoms with van der Waals surface area (Å²) in [5.74, 6) is -0.297. The van der Waals surface area contributed by atoms with Gasteiger partial charge >= 0.3 is 6.18 Å². The van der Waals surface area contributed by atoms with Crippen molar-refractivity contribution in [1.29, 1.82) is 0 Å². The quantitative estimate of drug-likeness (QED) is 0.357. The van der Waals surface area contributed by atoms with E-state index in [2.05, 4.69) is 15.1 Å². The number of carbonyl (C=O) groups is 2. The molecule has 11 heteroatoms. The Labute approximate surface area is 241 Å². The molecule has 0 bridgehead atoms. The van der Waals surface area contributed by atoms with Crippen molar-refractivity contribution >= 4 is 29.0 Å². The number of fused-ring (bicyclic) bond motifs is 1. The first-order valence-corrected chi connectivity index (χ1v) is 14.0. The highest BCUT2D eigenvalue weighted by atomic mass is 35.5. The number of carbonyl (C=O) groups excluding carboxylic acids is 2. The van der Waals surface area contributed by atoms with Gasteiger partial charge in [0, 0.05) is 49.7 Å². The number of piperazine rings is 1. The second kappa shape index (κ2) is 11.8. The van der Waals surface area contributed by atoms with E-state index in [0.29, 0.717) is 49.4 Å². The Morgan fingerprint density at radius 2 is 1.68 bits per heavy atom. The molecule has 0 saturated carbocycles. The Bertz CT molecular complexity index is 1440. The molecule has 0 spiro atoms. The lowest BCUT2D eigenvalue weighted by atomic mass is 9.96. The number of amides is 1. The highest BCUT2D eigenvalue weighted by molar-refractivity contribution is 6.30. The second-order valence-electron chi connectivity index (χ2n) is 10.7. The monoisotopic (exact) mass is 585 g/mol. The minimum atomic E-state index is -4.53. The van der Waals surface area contributed by atoms with Crippen molar-refractivity contribution in [2.24, 2.45) is 0 Å². The van der Waals surface area contributed by atoms with E-state index in [1.807, 2.05) is 16.8 Å². The van der Waals surface area contributed by atoms with Gasteiger partial charge in [-0.15, -0.1) is 5.10 Å². The zero-order valence-electron chi connectivity index (χ0n) is 22.9. The first-order chi connectivity index (χ1) is 19.5. The van der Waals surface area contributed by atoms with E-state index in [1.54, 1.807) is 37.3 Å². The molecule has 41 heavy (non-hydrogen) atoms. The fourth-order valence-corrected chi connectivity index (χ4v) is 5.63. The highest BCUT2D eigenvalue weighted by Gasteiger charge is 2.36. The van der Waals surface area contributed by atoms with Gasteiger partial charge in [-0.05, 0) is 74.3 Å². The maximum absolute atomic E-state index is 13.8. The average Bonchev–Trinajstić information content (AvgIpc) is 2.96.